The summed E-state index contributed by atoms with van der Waals surface area (Å²) in [4.78, 5) is 44.5. The van der Waals surface area contributed by atoms with Gasteiger partial charge in [0, 0.05) is 6.07 Å². The van der Waals surface area contributed by atoms with Crippen molar-refractivity contribution in [3.63, 3.8) is 0 Å². The van der Waals surface area contributed by atoms with E-state index in [0.29, 0.717) is 4.90 Å². The van der Waals surface area contributed by atoms with Gasteiger partial charge < -0.3 is 10.5 Å². The van der Waals surface area contributed by atoms with E-state index in [1.54, 1.807) is 11.6 Å². The lowest BCUT2D eigenvalue weighted by Gasteiger charge is -2.12. The van der Waals surface area contributed by atoms with Gasteiger partial charge in [0.2, 0.25) is 0 Å². The Bertz CT molecular complexity index is 633. The number of urea groups is 1. The van der Waals surface area contributed by atoms with Crippen LogP contribution in [0, 0.1) is 10.1 Å². The number of benzene rings is 1. The number of imide groups is 1. The molecule has 0 bridgehead atoms. The molecule has 0 fully saturated rings. The maximum absolute atomic E-state index is 11.9. The minimum atomic E-state index is -1.28. The van der Waals surface area contributed by atoms with Crippen molar-refractivity contribution in [3.8, 4) is 0 Å². The van der Waals surface area contributed by atoms with Crippen LogP contribution in [-0.2, 0) is 9.53 Å². The van der Waals surface area contributed by atoms with E-state index in [-0.39, 0.29) is 11.3 Å². The van der Waals surface area contributed by atoms with Gasteiger partial charge in [0.1, 0.15) is 0 Å². The number of hydrogen-bond donors (Lipinski definition) is 2. The number of nitrogens with two attached hydrogens (primary N) is 1. The highest BCUT2D eigenvalue weighted by molar-refractivity contribution is 7.98. The molecule has 1 atom stereocenters. The average Bonchev–Trinajstić information content (AvgIpc) is 2.45. The van der Waals surface area contributed by atoms with Crippen molar-refractivity contribution >= 4 is 35.4 Å². The van der Waals surface area contributed by atoms with Gasteiger partial charge in [-0.25, -0.2) is 9.59 Å². The van der Waals surface area contributed by atoms with E-state index in [1.165, 1.54) is 19.1 Å². The normalized spacial score (nSPS) is 11.4. The van der Waals surface area contributed by atoms with Gasteiger partial charge in [0.15, 0.2) is 6.10 Å². The molecule has 0 saturated carbocycles. The molecule has 0 aliphatic carbocycles. The van der Waals surface area contributed by atoms with E-state index in [9.17, 15) is 24.5 Å². The molecule has 0 saturated heterocycles. The summed E-state index contributed by atoms with van der Waals surface area (Å²) >= 11 is 1.16. The molecule has 0 heterocycles. The SMILES string of the molecule is CSc1ccc(C(=O)OC(C)C(=O)NC(N)=O)cc1[N+](=O)[O-]. The van der Waals surface area contributed by atoms with Crippen LogP contribution in [0.5, 0.6) is 0 Å². The van der Waals surface area contributed by atoms with Gasteiger partial charge in [-0.05, 0) is 25.3 Å². The molecule has 3 amide bonds. The molecule has 22 heavy (non-hydrogen) atoms. The molecule has 1 aromatic carbocycles. The number of nitro groups is 1. The number of hydrogen-bond acceptors (Lipinski definition) is 7. The van der Waals surface area contributed by atoms with Crippen LogP contribution in [-0.4, -0.2) is 35.2 Å². The first-order chi connectivity index (χ1) is 10.3. The van der Waals surface area contributed by atoms with Crippen LogP contribution in [0.4, 0.5) is 10.5 Å². The van der Waals surface area contributed by atoms with E-state index < -0.39 is 28.9 Å². The van der Waals surface area contributed by atoms with Crippen LogP contribution < -0.4 is 11.1 Å². The quantitative estimate of drug-likeness (QED) is 0.356. The van der Waals surface area contributed by atoms with Gasteiger partial charge in [-0.2, -0.15) is 0 Å². The molecule has 0 aromatic heterocycles. The highest BCUT2D eigenvalue weighted by Crippen LogP contribution is 2.28. The lowest BCUT2D eigenvalue weighted by molar-refractivity contribution is -0.387. The van der Waals surface area contributed by atoms with Crippen molar-refractivity contribution in [1.29, 1.82) is 0 Å². The first-order valence-electron chi connectivity index (χ1n) is 5.90. The summed E-state index contributed by atoms with van der Waals surface area (Å²) in [6.07, 6.45) is 0.385. The van der Waals surface area contributed by atoms with Crippen molar-refractivity contribution < 1.29 is 24.0 Å². The predicted molar refractivity (Wildman–Crippen MR) is 77.5 cm³/mol. The van der Waals surface area contributed by atoms with Gasteiger partial charge in [0.25, 0.3) is 11.6 Å². The Kier molecular flexibility index (Phi) is 5.87. The molecule has 118 valence electrons. The second kappa shape index (κ2) is 7.41. The number of rotatable bonds is 5. The minimum Gasteiger partial charge on any atom is -0.449 e. The Morgan fingerprint density at radius 1 is 1.41 bits per heavy atom. The van der Waals surface area contributed by atoms with Gasteiger partial charge in [-0.1, -0.05) is 0 Å². The number of carbonyl (C=O) groups excluding carboxylic acids is 3. The molecule has 0 aliphatic heterocycles. The second-order valence-electron chi connectivity index (χ2n) is 4.04. The van der Waals surface area contributed by atoms with Crippen LogP contribution in [0.25, 0.3) is 0 Å². The summed E-state index contributed by atoms with van der Waals surface area (Å²) in [5, 5.41) is 12.7. The van der Waals surface area contributed by atoms with Crippen molar-refractivity contribution in [3.05, 3.63) is 33.9 Å². The van der Waals surface area contributed by atoms with E-state index in [0.717, 1.165) is 17.8 Å². The molecule has 0 radical (unpaired) electrons. The molecule has 0 spiro atoms. The number of nitro benzene ring substituents is 1. The van der Waals surface area contributed by atoms with Crippen molar-refractivity contribution in [2.75, 3.05) is 6.26 Å². The van der Waals surface area contributed by atoms with E-state index in [2.05, 4.69) is 0 Å². The maximum atomic E-state index is 11.9. The number of amides is 3. The maximum Gasteiger partial charge on any atom is 0.339 e. The fourth-order valence-electron chi connectivity index (χ4n) is 1.46. The van der Waals surface area contributed by atoms with Crippen molar-refractivity contribution in [2.24, 2.45) is 5.73 Å². The van der Waals surface area contributed by atoms with Gasteiger partial charge in [0.05, 0.1) is 15.4 Å². The highest BCUT2D eigenvalue weighted by Gasteiger charge is 2.22. The van der Waals surface area contributed by atoms with Crippen LogP contribution in [0.1, 0.15) is 17.3 Å². The summed E-state index contributed by atoms with van der Waals surface area (Å²) < 4.78 is 4.82. The zero-order chi connectivity index (χ0) is 16.9. The Labute approximate surface area is 129 Å². The van der Waals surface area contributed by atoms with Crippen LogP contribution in [0.15, 0.2) is 23.1 Å². The molecule has 0 aliphatic rings. The molecule has 10 heteroatoms. The number of carbonyl (C=O) groups is 3. The summed E-state index contributed by atoms with van der Waals surface area (Å²) in [7, 11) is 0. The lowest BCUT2D eigenvalue weighted by Crippen LogP contribution is -2.42. The summed E-state index contributed by atoms with van der Waals surface area (Å²) in [5.41, 5.74) is 4.45. The van der Waals surface area contributed by atoms with Crippen molar-refractivity contribution in [2.45, 2.75) is 17.9 Å². The summed E-state index contributed by atoms with van der Waals surface area (Å²) in [6.45, 7) is 1.24. The van der Waals surface area contributed by atoms with Gasteiger partial charge in [-0.15, -0.1) is 11.8 Å². The van der Waals surface area contributed by atoms with Crippen LogP contribution in [0.2, 0.25) is 0 Å². The third kappa shape index (κ3) is 4.45. The number of thioether (sulfide) groups is 1. The largest absolute Gasteiger partial charge is 0.449 e. The van der Waals surface area contributed by atoms with E-state index >= 15 is 0 Å². The first-order valence-corrected chi connectivity index (χ1v) is 7.12. The van der Waals surface area contributed by atoms with Gasteiger partial charge >= 0.3 is 12.0 Å². The van der Waals surface area contributed by atoms with Crippen LogP contribution >= 0.6 is 11.8 Å². The van der Waals surface area contributed by atoms with Crippen molar-refractivity contribution in [1.82, 2.24) is 5.32 Å². The molecule has 1 aromatic rings. The topological polar surface area (TPSA) is 142 Å². The fraction of sp³-hybridized carbons (Fsp3) is 0.250. The summed E-state index contributed by atoms with van der Waals surface area (Å²) in [6, 6.07) is 2.74. The molecular formula is C12H13N3O6S. The molecule has 9 nitrogen and oxygen atoms in total. The predicted octanol–water partition coefficient (Wildman–Crippen LogP) is 1.06. The Hall–Kier alpha value is -2.62. The summed E-state index contributed by atoms with van der Waals surface area (Å²) in [5.74, 6) is -1.82. The van der Waals surface area contributed by atoms with E-state index in [4.69, 9.17) is 10.5 Å². The molecule has 3 N–H and O–H groups in total. The Morgan fingerprint density at radius 2 is 2.05 bits per heavy atom. The molecule has 1 rings (SSSR count). The number of nitrogens with one attached hydrogen (secondary N) is 1. The zero-order valence-corrected chi connectivity index (χ0v) is 12.5. The first kappa shape index (κ1) is 17.4. The van der Waals surface area contributed by atoms with Crippen LogP contribution in [0.3, 0.4) is 0 Å². The average molecular weight is 327 g/mol. The zero-order valence-electron chi connectivity index (χ0n) is 11.7. The smallest absolute Gasteiger partial charge is 0.339 e. The standard InChI is InChI=1S/C12H13N3O6S/c1-6(10(16)14-12(13)18)21-11(17)7-3-4-9(22-2)8(5-7)15(19)20/h3-6H,1-2H3,(H3,13,14,16,18). The minimum absolute atomic E-state index is 0.0803. The third-order valence-corrected chi connectivity index (χ3v) is 3.30. The Balaban J connectivity index is 2.90. The number of nitrogens with zero attached hydrogens (tertiary/aromatic N) is 1. The highest BCUT2D eigenvalue weighted by atomic mass is 32.2. The second-order valence-corrected chi connectivity index (χ2v) is 4.89. The molecule has 1 unspecified atom stereocenters. The monoisotopic (exact) mass is 327 g/mol. The third-order valence-electron chi connectivity index (χ3n) is 2.51. The number of esters is 1. The number of primary amides is 1. The van der Waals surface area contributed by atoms with Gasteiger partial charge in [-0.3, -0.25) is 20.2 Å². The Morgan fingerprint density at radius 3 is 2.55 bits per heavy atom. The fourth-order valence-corrected chi connectivity index (χ4v) is 2.01. The lowest BCUT2D eigenvalue weighted by atomic mass is 10.2. The number of ether oxygens (including phenoxy) is 1. The molecular weight excluding hydrogens is 314 g/mol. The van der Waals surface area contributed by atoms with E-state index in [1.807, 2.05) is 0 Å².